The van der Waals surface area contributed by atoms with Crippen molar-refractivity contribution in [1.82, 2.24) is 15.0 Å². The van der Waals surface area contributed by atoms with E-state index in [-0.39, 0.29) is 17.8 Å². The minimum absolute atomic E-state index is 0.0242. The van der Waals surface area contributed by atoms with E-state index in [2.05, 4.69) is 26.8 Å². The zero-order valence-corrected chi connectivity index (χ0v) is 21.0. The fourth-order valence-electron chi connectivity index (χ4n) is 4.47. The second-order valence-electron chi connectivity index (χ2n) is 9.63. The summed E-state index contributed by atoms with van der Waals surface area (Å²) in [6.07, 6.45) is 0.392. The van der Waals surface area contributed by atoms with E-state index < -0.39 is 23.3 Å². The molecule has 0 amide bonds. The molecule has 0 radical (unpaired) electrons. The van der Waals surface area contributed by atoms with Crippen molar-refractivity contribution in [3.05, 3.63) is 59.5 Å². The van der Waals surface area contributed by atoms with Gasteiger partial charge in [0.25, 0.3) is 0 Å². The van der Waals surface area contributed by atoms with Crippen LogP contribution in [0.1, 0.15) is 62.2 Å². The molecule has 0 aliphatic heterocycles. The standard InChI is InChI=1S/C26H27F3N4O2S/c1-14(2)17-10-18(12-19(11-17)32-24-30-8-6-21(33-24)26(27,28)29)20-13-31-22(36-20)16-5-7-25(4,23(34)35)15(3)9-16/h6,8,10-13,15-16H,1,5,7,9H2,2-4H3,(H,34,35)(H,30,32,33). The predicted octanol–water partition coefficient (Wildman–Crippen LogP) is 7.39. The Hall–Kier alpha value is -3.27. The number of hydrogen-bond donors (Lipinski definition) is 2. The molecule has 3 atom stereocenters. The lowest BCUT2D eigenvalue weighted by molar-refractivity contribution is -0.153. The molecule has 2 N–H and O–H groups in total. The smallest absolute Gasteiger partial charge is 0.433 e. The van der Waals surface area contributed by atoms with Crippen LogP contribution in [0.4, 0.5) is 24.8 Å². The van der Waals surface area contributed by atoms with Crippen LogP contribution in [-0.4, -0.2) is 26.0 Å². The van der Waals surface area contributed by atoms with Gasteiger partial charge in [0.1, 0.15) is 5.69 Å². The van der Waals surface area contributed by atoms with Crippen LogP contribution in [0.25, 0.3) is 16.0 Å². The van der Waals surface area contributed by atoms with Crippen molar-refractivity contribution in [2.24, 2.45) is 11.3 Å². The lowest BCUT2D eigenvalue weighted by Gasteiger charge is -2.39. The SMILES string of the molecule is C=C(C)c1cc(Nc2nccc(C(F)(F)F)n2)cc(-c2cnc(C3CCC(C)(C(=O)O)C(C)C3)s2)c1. The van der Waals surface area contributed by atoms with Crippen molar-refractivity contribution in [3.63, 3.8) is 0 Å². The Morgan fingerprint density at radius 1 is 1.28 bits per heavy atom. The zero-order valence-electron chi connectivity index (χ0n) is 20.2. The number of nitrogens with one attached hydrogen (secondary N) is 1. The monoisotopic (exact) mass is 516 g/mol. The summed E-state index contributed by atoms with van der Waals surface area (Å²) >= 11 is 1.55. The van der Waals surface area contributed by atoms with Crippen molar-refractivity contribution in [2.45, 2.75) is 52.1 Å². The van der Waals surface area contributed by atoms with E-state index in [1.165, 1.54) is 0 Å². The molecular formula is C26H27F3N4O2S. The number of thiazole rings is 1. The third kappa shape index (κ3) is 5.28. The Morgan fingerprint density at radius 3 is 2.67 bits per heavy atom. The second-order valence-corrected chi connectivity index (χ2v) is 10.7. The maximum atomic E-state index is 13.1. The zero-order chi connectivity index (χ0) is 26.3. The van der Waals surface area contributed by atoms with Gasteiger partial charge in [0.2, 0.25) is 5.95 Å². The molecule has 2 heterocycles. The molecule has 0 spiro atoms. The normalized spacial score (nSPS) is 22.3. The van der Waals surface area contributed by atoms with Gasteiger partial charge in [0.15, 0.2) is 0 Å². The summed E-state index contributed by atoms with van der Waals surface area (Å²) < 4.78 is 39.2. The summed E-state index contributed by atoms with van der Waals surface area (Å²) in [5.74, 6) is -0.699. The number of allylic oxidation sites excluding steroid dienone is 1. The van der Waals surface area contributed by atoms with Gasteiger partial charge in [-0.3, -0.25) is 4.79 Å². The van der Waals surface area contributed by atoms with Crippen molar-refractivity contribution < 1.29 is 23.1 Å². The Bertz CT molecular complexity index is 1310. The fraction of sp³-hybridized carbons (Fsp3) is 0.385. The highest BCUT2D eigenvalue weighted by Gasteiger charge is 2.44. The number of rotatable bonds is 6. The molecule has 0 saturated heterocycles. The van der Waals surface area contributed by atoms with Gasteiger partial charge in [0, 0.05) is 24.0 Å². The number of aromatic nitrogens is 3. The molecule has 2 aromatic heterocycles. The molecule has 1 saturated carbocycles. The summed E-state index contributed by atoms with van der Waals surface area (Å²) in [7, 11) is 0. The van der Waals surface area contributed by atoms with Gasteiger partial charge < -0.3 is 10.4 Å². The number of carboxylic acid groups (broad SMARTS) is 1. The first-order chi connectivity index (χ1) is 16.9. The summed E-state index contributed by atoms with van der Waals surface area (Å²) in [5.41, 5.74) is 1.24. The molecule has 3 unspecified atom stereocenters. The molecular weight excluding hydrogens is 489 g/mol. The van der Waals surface area contributed by atoms with Gasteiger partial charge in [0.05, 0.1) is 15.3 Å². The van der Waals surface area contributed by atoms with E-state index in [4.69, 9.17) is 0 Å². The van der Waals surface area contributed by atoms with Crippen LogP contribution in [0, 0.1) is 11.3 Å². The lowest BCUT2D eigenvalue weighted by Crippen LogP contribution is -2.38. The highest BCUT2D eigenvalue weighted by molar-refractivity contribution is 7.15. The summed E-state index contributed by atoms with van der Waals surface area (Å²) in [5, 5.41) is 13.5. The first-order valence-electron chi connectivity index (χ1n) is 11.5. The van der Waals surface area contributed by atoms with Crippen molar-refractivity contribution in [2.75, 3.05) is 5.32 Å². The quantitative estimate of drug-likeness (QED) is 0.355. The minimum atomic E-state index is -4.57. The first kappa shape index (κ1) is 25.8. The lowest BCUT2D eigenvalue weighted by atomic mass is 9.65. The van der Waals surface area contributed by atoms with Crippen LogP contribution in [-0.2, 0) is 11.0 Å². The summed E-state index contributed by atoms with van der Waals surface area (Å²) in [6.45, 7) is 9.65. The summed E-state index contributed by atoms with van der Waals surface area (Å²) in [4.78, 5) is 24.8. The molecule has 1 aliphatic carbocycles. The average molecular weight is 517 g/mol. The molecule has 1 aliphatic rings. The number of benzene rings is 1. The fourth-order valence-corrected chi connectivity index (χ4v) is 5.52. The van der Waals surface area contributed by atoms with Gasteiger partial charge in [-0.1, -0.05) is 19.1 Å². The van der Waals surface area contributed by atoms with E-state index in [9.17, 15) is 23.1 Å². The van der Waals surface area contributed by atoms with Crippen LogP contribution in [0.3, 0.4) is 0 Å². The topological polar surface area (TPSA) is 88.0 Å². The van der Waals surface area contributed by atoms with Crippen LogP contribution < -0.4 is 5.32 Å². The Balaban J connectivity index is 1.61. The van der Waals surface area contributed by atoms with Gasteiger partial charge in [-0.2, -0.15) is 13.2 Å². The number of nitrogens with zero attached hydrogens (tertiary/aromatic N) is 3. The van der Waals surface area contributed by atoms with Crippen molar-refractivity contribution in [3.8, 4) is 10.4 Å². The van der Waals surface area contributed by atoms with Gasteiger partial charge in [-0.25, -0.2) is 15.0 Å². The highest BCUT2D eigenvalue weighted by atomic mass is 32.1. The molecule has 1 fully saturated rings. The number of halogens is 3. The van der Waals surface area contributed by atoms with Crippen LogP contribution in [0.15, 0.2) is 43.2 Å². The van der Waals surface area contributed by atoms with E-state index >= 15 is 0 Å². The molecule has 10 heteroatoms. The Morgan fingerprint density at radius 2 is 2.03 bits per heavy atom. The molecule has 4 rings (SSSR count). The predicted molar refractivity (Wildman–Crippen MR) is 134 cm³/mol. The van der Waals surface area contributed by atoms with Gasteiger partial charge >= 0.3 is 12.1 Å². The molecule has 6 nitrogen and oxygen atoms in total. The molecule has 36 heavy (non-hydrogen) atoms. The highest BCUT2D eigenvalue weighted by Crippen LogP contribution is 2.48. The van der Waals surface area contributed by atoms with E-state index in [1.54, 1.807) is 23.6 Å². The third-order valence-electron chi connectivity index (χ3n) is 7.01. The number of aliphatic carboxylic acids is 1. The number of carboxylic acids is 1. The summed E-state index contributed by atoms with van der Waals surface area (Å²) in [6, 6.07) is 6.39. The van der Waals surface area contributed by atoms with E-state index in [1.807, 2.05) is 32.9 Å². The number of hydrogen-bond acceptors (Lipinski definition) is 6. The molecule has 1 aromatic carbocycles. The van der Waals surface area contributed by atoms with Crippen LogP contribution >= 0.6 is 11.3 Å². The maximum Gasteiger partial charge on any atom is 0.433 e. The number of alkyl halides is 3. The first-order valence-corrected chi connectivity index (χ1v) is 12.4. The van der Waals surface area contributed by atoms with Gasteiger partial charge in [-0.15, -0.1) is 11.3 Å². The van der Waals surface area contributed by atoms with E-state index in [0.29, 0.717) is 12.1 Å². The van der Waals surface area contributed by atoms with E-state index in [0.717, 1.165) is 51.7 Å². The largest absolute Gasteiger partial charge is 0.481 e. The average Bonchev–Trinajstić information content (AvgIpc) is 3.30. The number of carbonyl (C=O) groups is 1. The van der Waals surface area contributed by atoms with Crippen molar-refractivity contribution >= 4 is 34.5 Å². The third-order valence-corrected chi connectivity index (χ3v) is 8.22. The van der Waals surface area contributed by atoms with Crippen LogP contribution in [0.2, 0.25) is 0 Å². The molecule has 3 aromatic rings. The Labute approximate surface area is 211 Å². The van der Waals surface area contributed by atoms with Crippen LogP contribution in [0.5, 0.6) is 0 Å². The Kier molecular flexibility index (Phi) is 6.92. The number of anilines is 2. The van der Waals surface area contributed by atoms with Crippen molar-refractivity contribution in [1.29, 1.82) is 0 Å². The minimum Gasteiger partial charge on any atom is -0.481 e. The molecule has 0 bridgehead atoms. The maximum absolute atomic E-state index is 13.1. The second kappa shape index (κ2) is 9.65. The van der Waals surface area contributed by atoms with Gasteiger partial charge in [-0.05, 0) is 74.4 Å². The molecule has 190 valence electrons.